The van der Waals surface area contributed by atoms with Crippen LogP contribution in [0.1, 0.15) is 45.6 Å². The van der Waals surface area contributed by atoms with Gasteiger partial charge in [-0.1, -0.05) is 38.1 Å². The van der Waals surface area contributed by atoms with Gasteiger partial charge in [0.25, 0.3) is 5.89 Å². The molecule has 0 fully saturated rings. The summed E-state index contributed by atoms with van der Waals surface area (Å²) in [6, 6.07) is 12.7. The average Bonchev–Trinajstić information content (AvgIpc) is 3.27. The predicted molar refractivity (Wildman–Crippen MR) is 129 cm³/mol. The first kappa shape index (κ1) is 26.7. The van der Waals surface area contributed by atoms with E-state index in [-0.39, 0.29) is 28.7 Å². The number of nitrogens with one attached hydrogen (secondary N) is 2. The van der Waals surface area contributed by atoms with Crippen LogP contribution in [0.15, 0.2) is 58.0 Å². The van der Waals surface area contributed by atoms with E-state index in [1.807, 2.05) is 24.3 Å². The summed E-state index contributed by atoms with van der Waals surface area (Å²) in [6.07, 6.45) is -3.83. The second-order valence-corrected chi connectivity index (χ2v) is 9.20. The van der Waals surface area contributed by atoms with Crippen molar-refractivity contribution >= 4 is 11.7 Å². The first-order chi connectivity index (χ1) is 16.9. The van der Waals surface area contributed by atoms with E-state index in [0.717, 1.165) is 29.9 Å². The molecule has 0 amide bonds. The SMILES string of the molecule is C/C(=N/C(=N)c1nc(-c2ccc(OC(F)(F)F)cc2)no1)NCc1cccc(OCCC(C)(C)C)c1. The summed E-state index contributed by atoms with van der Waals surface area (Å²) in [6.45, 7) is 9.31. The summed E-state index contributed by atoms with van der Waals surface area (Å²) in [5.74, 6) is 0.615. The highest BCUT2D eigenvalue weighted by Gasteiger charge is 2.31. The molecule has 0 radical (unpaired) electrons. The van der Waals surface area contributed by atoms with Gasteiger partial charge in [-0.25, -0.2) is 4.99 Å². The fourth-order valence-corrected chi connectivity index (χ4v) is 2.95. The van der Waals surface area contributed by atoms with Crippen LogP contribution >= 0.6 is 0 Å². The molecule has 2 aromatic carbocycles. The quantitative estimate of drug-likeness (QED) is 0.289. The minimum Gasteiger partial charge on any atom is -0.494 e. The largest absolute Gasteiger partial charge is 0.573 e. The number of alkyl halides is 3. The topological polar surface area (TPSA) is 106 Å². The van der Waals surface area contributed by atoms with Crippen LogP contribution in [0.3, 0.4) is 0 Å². The molecule has 192 valence electrons. The fraction of sp³-hybridized carbons (Fsp3) is 0.360. The molecule has 8 nitrogen and oxygen atoms in total. The van der Waals surface area contributed by atoms with Crippen molar-refractivity contribution in [2.45, 2.75) is 47.0 Å². The lowest BCUT2D eigenvalue weighted by atomic mass is 9.93. The Bertz CT molecular complexity index is 1200. The summed E-state index contributed by atoms with van der Waals surface area (Å²) in [5.41, 5.74) is 1.59. The van der Waals surface area contributed by atoms with E-state index < -0.39 is 6.36 Å². The minimum absolute atomic E-state index is 0.109. The maximum Gasteiger partial charge on any atom is 0.573 e. The molecule has 0 saturated carbocycles. The van der Waals surface area contributed by atoms with Crippen LogP contribution < -0.4 is 14.8 Å². The third kappa shape index (κ3) is 8.71. The van der Waals surface area contributed by atoms with Gasteiger partial charge in [0.15, 0.2) is 0 Å². The van der Waals surface area contributed by atoms with Crippen molar-refractivity contribution in [2.75, 3.05) is 6.61 Å². The van der Waals surface area contributed by atoms with Crippen molar-refractivity contribution < 1.29 is 27.2 Å². The number of amidine groups is 2. The highest BCUT2D eigenvalue weighted by atomic mass is 19.4. The number of hydrogen-bond acceptors (Lipinski definition) is 6. The molecule has 0 aliphatic rings. The van der Waals surface area contributed by atoms with E-state index in [0.29, 0.717) is 24.6 Å². The average molecular weight is 504 g/mol. The zero-order chi connectivity index (χ0) is 26.3. The van der Waals surface area contributed by atoms with E-state index in [4.69, 9.17) is 14.7 Å². The molecule has 1 heterocycles. The maximum absolute atomic E-state index is 12.3. The highest BCUT2D eigenvalue weighted by molar-refractivity contribution is 6.01. The van der Waals surface area contributed by atoms with Gasteiger partial charge in [-0.3, -0.25) is 5.41 Å². The van der Waals surface area contributed by atoms with E-state index >= 15 is 0 Å². The lowest BCUT2D eigenvalue weighted by Crippen LogP contribution is -2.21. The van der Waals surface area contributed by atoms with Gasteiger partial charge in [0.05, 0.1) is 6.61 Å². The molecule has 2 N–H and O–H groups in total. The molecule has 11 heteroatoms. The van der Waals surface area contributed by atoms with Gasteiger partial charge < -0.3 is 19.3 Å². The van der Waals surface area contributed by atoms with Crippen LogP contribution in [0.5, 0.6) is 11.5 Å². The summed E-state index contributed by atoms with van der Waals surface area (Å²) in [4.78, 5) is 8.24. The molecule has 1 aromatic heterocycles. The lowest BCUT2D eigenvalue weighted by molar-refractivity contribution is -0.274. The van der Waals surface area contributed by atoms with E-state index in [1.165, 1.54) is 12.1 Å². The first-order valence-electron chi connectivity index (χ1n) is 11.2. The Labute approximate surface area is 207 Å². The van der Waals surface area contributed by atoms with E-state index in [9.17, 15) is 13.2 Å². The van der Waals surface area contributed by atoms with Gasteiger partial charge in [0.2, 0.25) is 11.7 Å². The summed E-state index contributed by atoms with van der Waals surface area (Å²) in [5, 5.41) is 15.0. The number of benzene rings is 2. The van der Waals surface area contributed by atoms with Gasteiger partial charge in [-0.2, -0.15) is 4.98 Å². The second kappa shape index (κ2) is 11.2. The van der Waals surface area contributed by atoms with Crippen molar-refractivity contribution in [1.29, 1.82) is 5.41 Å². The Kier molecular flexibility index (Phi) is 8.33. The van der Waals surface area contributed by atoms with Crippen LogP contribution in [-0.2, 0) is 6.54 Å². The van der Waals surface area contributed by atoms with Gasteiger partial charge in [-0.05, 0) is 60.7 Å². The molecular weight excluding hydrogens is 475 g/mol. The monoisotopic (exact) mass is 503 g/mol. The molecule has 0 atom stereocenters. The molecule has 0 saturated heterocycles. The number of halogens is 3. The third-order valence-electron chi connectivity index (χ3n) is 4.82. The zero-order valence-electron chi connectivity index (χ0n) is 20.4. The molecule has 36 heavy (non-hydrogen) atoms. The Morgan fingerprint density at radius 3 is 2.47 bits per heavy atom. The molecular formula is C25H28F3N5O3. The van der Waals surface area contributed by atoms with Gasteiger partial charge in [0, 0.05) is 12.1 Å². The smallest absolute Gasteiger partial charge is 0.494 e. The molecule has 0 aliphatic heterocycles. The molecule has 0 unspecified atom stereocenters. The number of aliphatic imine (C=N–C) groups is 1. The Morgan fingerprint density at radius 1 is 1.08 bits per heavy atom. The molecule has 0 bridgehead atoms. The lowest BCUT2D eigenvalue weighted by Gasteiger charge is -2.18. The standard InChI is InChI=1S/C25H28F3N5O3/c1-16(30-15-17-6-5-7-20(14-17)34-13-12-24(2,3)4)31-21(29)23-32-22(33-36-23)18-8-10-19(11-9-18)35-25(26,27)28/h5-11,14H,12-13,15H2,1-4H3,(H2,29,30,31). The molecule has 0 spiro atoms. The number of nitrogens with zero attached hydrogens (tertiary/aromatic N) is 3. The number of ether oxygens (including phenoxy) is 2. The number of rotatable bonds is 8. The zero-order valence-corrected chi connectivity index (χ0v) is 20.4. The van der Waals surface area contributed by atoms with Crippen molar-refractivity contribution in [1.82, 2.24) is 15.5 Å². The van der Waals surface area contributed by atoms with Crippen LogP contribution in [0.4, 0.5) is 13.2 Å². The second-order valence-electron chi connectivity index (χ2n) is 9.20. The number of aromatic nitrogens is 2. The molecule has 0 aliphatic carbocycles. The summed E-state index contributed by atoms with van der Waals surface area (Å²) in [7, 11) is 0. The first-order valence-corrected chi connectivity index (χ1v) is 11.2. The van der Waals surface area contributed by atoms with Crippen LogP contribution in [-0.4, -0.2) is 34.8 Å². The van der Waals surface area contributed by atoms with E-state index in [1.54, 1.807) is 6.92 Å². The minimum atomic E-state index is -4.78. The van der Waals surface area contributed by atoms with Crippen LogP contribution in [0.2, 0.25) is 0 Å². The summed E-state index contributed by atoms with van der Waals surface area (Å²) >= 11 is 0. The third-order valence-corrected chi connectivity index (χ3v) is 4.82. The summed E-state index contributed by atoms with van der Waals surface area (Å²) < 4.78 is 51.7. The van der Waals surface area contributed by atoms with Gasteiger partial charge in [0.1, 0.15) is 17.3 Å². The van der Waals surface area contributed by atoms with Crippen molar-refractivity contribution in [3.05, 3.63) is 60.0 Å². The van der Waals surface area contributed by atoms with Gasteiger partial charge >= 0.3 is 6.36 Å². The molecule has 3 aromatic rings. The van der Waals surface area contributed by atoms with Crippen molar-refractivity contribution in [3.8, 4) is 22.9 Å². The predicted octanol–water partition coefficient (Wildman–Crippen LogP) is 5.98. The maximum atomic E-state index is 12.3. The highest BCUT2D eigenvalue weighted by Crippen LogP contribution is 2.25. The fourth-order valence-electron chi connectivity index (χ4n) is 2.95. The Hall–Kier alpha value is -3.89. The molecule has 3 rings (SSSR count). The Balaban J connectivity index is 1.55. The van der Waals surface area contributed by atoms with Crippen molar-refractivity contribution in [2.24, 2.45) is 10.4 Å². The van der Waals surface area contributed by atoms with Gasteiger partial charge in [-0.15, -0.1) is 13.2 Å². The van der Waals surface area contributed by atoms with Crippen molar-refractivity contribution in [3.63, 3.8) is 0 Å². The van der Waals surface area contributed by atoms with E-state index in [2.05, 4.69) is 46.0 Å². The van der Waals surface area contributed by atoms with Crippen LogP contribution in [0.25, 0.3) is 11.4 Å². The number of hydrogen-bond donors (Lipinski definition) is 2. The van der Waals surface area contributed by atoms with Crippen LogP contribution in [0, 0.1) is 10.8 Å². The normalized spacial score (nSPS) is 12.4. The Morgan fingerprint density at radius 2 is 1.81 bits per heavy atom.